The van der Waals surface area contributed by atoms with Crippen molar-refractivity contribution in [3.05, 3.63) is 30.3 Å². The first-order valence-corrected chi connectivity index (χ1v) is 10.4. The molecular formula is C22H38N4O. The Bertz CT molecular complexity index is 541. The van der Waals surface area contributed by atoms with Crippen LogP contribution in [0.1, 0.15) is 44.9 Å². The molecular weight excluding hydrogens is 336 g/mol. The molecule has 2 N–H and O–H groups in total. The molecule has 0 saturated heterocycles. The van der Waals surface area contributed by atoms with Gasteiger partial charge in [-0.1, -0.05) is 31.0 Å². The van der Waals surface area contributed by atoms with E-state index < -0.39 is 0 Å². The topological polar surface area (TPSA) is 48.9 Å². The highest BCUT2D eigenvalue weighted by Gasteiger charge is 2.33. The summed E-state index contributed by atoms with van der Waals surface area (Å²) in [6.07, 6.45) is 8.70. The number of guanidine groups is 1. The number of nitrogens with one attached hydrogen (secondary N) is 2. The molecule has 0 heterocycles. The molecule has 5 heteroatoms. The molecule has 1 aromatic carbocycles. The highest BCUT2D eigenvalue weighted by Crippen LogP contribution is 2.40. The average Bonchev–Trinajstić information content (AvgIpc) is 3.18. The summed E-state index contributed by atoms with van der Waals surface area (Å²) in [4.78, 5) is 6.71. The summed E-state index contributed by atoms with van der Waals surface area (Å²) in [5, 5.41) is 7.03. The zero-order valence-corrected chi connectivity index (χ0v) is 17.5. The fourth-order valence-corrected chi connectivity index (χ4v) is 3.94. The molecule has 1 saturated carbocycles. The minimum atomic E-state index is 0.381. The van der Waals surface area contributed by atoms with Crippen LogP contribution in [0.4, 0.5) is 5.69 Å². The summed E-state index contributed by atoms with van der Waals surface area (Å²) in [5.41, 5.74) is 1.66. The van der Waals surface area contributed by atoms with E-state index in [0.717, 1.165) is 51.5 Å². The van der Waals surface area contributed by atoms with Crippen molar-refractivity contribution in [3.63, 3.8) is 0 Å². The largest absolute Gasteiger partial charge is 0.385 e. The Morgan fingerprint density at radius 1 is 1.15 bits per heavy atom. The molecule has 0 spiro atoms. The summed E-state index contributed by atoms with van der Waals surface area (Å²) >= 11 is 0. The molecule has 1 aromatic rings. The first-order chi connectivity index (χ1) is 13.2. The zero-order chi connectivity index (χ0) is 19.4. The predicted octanol–water partition coefficient (Wildman–Crippen LogP) is 3.66. The number of ether oxygens (including phenoxy) is 1. The molecule has 5 nitrogen and oxygen atoms in total. The smallest absolute Gasteiger partial charge is 0.190 e. The second-order valence-electron chi connectivity index (χ2n) is 7.77. The Balaban J connectivity index is 1.64. The fraction of sp³-hybridized carbons (Fsp3) is 0.682. The third-order valence-corrected chi connectivity index (χ3v) is 5.76. The van der Waals surface area contributed by atoms with E-state index in [4.69, 9.17) is 4.74 Å². The minimum absolute atomic E-state index is 0.381. The third kappa shape index (κ3) is 7.41. The molecule has 1 fully saturated rings. The van der Waals surface area contributed by atoms with E-state index in [2.05, 4.69) is 57.9 Å². The van der Waals surface area contributed by atoms with E-state index in [1.54, 1.807) is 7.11 Å². The summed E-state index contributed by atoms with van der Waals surface area (Å²) < 4.78 is 5.33. The molecule has 0 aromatic heterocycles. The van der Waals surface area contributed by atoms with Gasteiger partial charge < -0.3 is 20.3 Å². The second-order valence-corrected chi connectivity index (χ2v) is 7.77. The van der Waals surface area contributed by atoms with Crippen molar-refractivity contribution in [2.24, 2.45) is 10.4 Å². The lowest BCUT2D eigenvalue weighted by Crippen LogP contribution is -2.43. The minimum Gasteiger partial charge on any atom is -0.385 e. The highest BCUT2D eigenvalue weighted by atomic mass is 16.5. The summed E-state index contributed by atoms with van der Waals surface area (Å²) in [7, 11) is 5.81. The average molecular weight is 375 g/mol. The van der Waals surface area contributed by atoms with Gasteiger partial charge in [-0.15, -0.1) is 0 Å². The van der Waals surface area contributed by atoms with Crippen molar-refractivity contribution in [3.8, 4) is 0 Å². The molecule has 2 rings (SSSR count). The first kappa shape index (κ1) is 21.5. The van der Waals surface area contributed by atoms with Crippen LogP contribution in [0.3, 0.4) is 0 Å². The normalized spacial score (nSPS) is 16.3. The molecule has 1 aliphatic carbocycles. The Morgan fingerprint density at radius 2 is 1.89 bits per heavy atom. The summed E-state index contributed by atoms with van der Waals surface area (Å²) in [6, 6.07) is 10.6. The fourth-order valence-electron chi connectivity index (χ4n) is 3.94. The Kier molecular flexibility index (Phi) is 9.46. The second kappa shape index (κ2) is 11.9. The predicted molar refractivity (Wildman–Crippen MR) is 116 cm³/mol. The summed E-state index contributed by atoms with van der Waals surface area (Å²) in [5.74, 6) is 0.926. The van der Waals surface area contributed by atoms with Gasteiger partial charge in [0.25, 0.3) is 0 Å². The van der Waals surface area contributed by atoms with Crippen molar-refractivity contribution in [2.75, 3.05) is 52.3 Å². The van der Waals surface area contributed by atoms with Gasteiger partial charge in [0, 0.05) is 53.1 Å². The number of benzene rings is 1. The number of para-hydroxylation sites is 1. The monoisotopic (exact) mass is 374 g/mol. The molecule has 1 aliphatic rings. The number of unbranched alkanes of at least 4 members (excludes halogenated alkanes) is 1. The Labute approximate surface area is 165 Å². The SMILES string of the molecule is CN=C(NCCCCN(C)c1ccccc1)NCC1(CCOC)CCCC1. The molecule has 27 heavy (non-hydrogen) atoms. The number of nitrogens with zero attached hydrogens (tertiary/aromatic N) is 2. The lowest BCUT2D eigenvalue weighted by molar-refractivity contribution is 0.138. The van der Waals surface area contributed by atoms with Gasteiger partial charge in [0.15, 0.2) is 5.96 Å². The molecule has 0 atom stereocenters. The maximum atomic E-state index is 5.33. The van der Waals surface area contributed by atoms with Crippen LogP contribution in [0.25, 0.3) is 0 Å². The quantitative estimate of drug-likeness (QED) is 0.352. The van der Waals surface area contributed by atoms with Crippen LogP contribution < -0.4 is 15.5 Å². The number of anilines is 1. The maximum Gasteiger partial charge on any atom is 0.190 e. The lowest BCUT2D eigenvalue weighted by atomic mass is 9.83. The molecule has 0 radical (unpaired) electrons. The molecule has 0 aliphatic heterocycles. The van der Waals surface area contributed by atoms with E-state index in [1.807, 2.05) is 7.05 Å². The van der Waals surface area contributed by atoms with Gasteiger partial charge in [-0.3, -0.25) is 4.99 Å². The van der Waals surface area contributed by atoms with Crippen LogP contribution >= 0.6 is 0 Å². The van der Waals surface area contributed by atoms with E-state index >= 15 is 0 Å². The van der Waals surface area contributed by atoms with E-state index in [9.17, 15) is 0 Å². The van der Waals surface area contributed by atoms with Crippen molar-refractivity contribution in [1.82, 2.24) is 10.6 Å². The van der Waals surface area contributed by atoms with Crippen LogP contribution in [-0.4, -0.2) is 53.4 Å². The number of aliphatic imine (C=N–C) groups is 1. The first-order valence-electron chi connectivity index (χ1n) is 10.4. The molecule has 0 unspecified atom stereocenters. The van der Waals surface area contributed by atoms with Crippen LogP contribution in [0, 0.1) is 5.41 Å². The van der Waals surface area contributed by atoms with Gasteiger partial charge >= 0.3 is 0 Å². The number of methoxy groups -OCH3 is 1. The molecule has 0 amide bonds. The Morgan fingerprint density at radius 3 is 2.56 bits per heavy atom. The third-order valence-electron chi connectivity index (χ3n) is 5.76. The van der Waals surface area contributed by atoms with Crippen LogP contribution in [0.5, 0.6) is 0 Å². The molecule has 152 valence electrons. The van der Waals surface area contributed by atoms with E-state index in [0.29, 0.717) is 5.41 Å². The van der Waals surface area contributed by atoms with Crippen molar-refractivity contribution < 1.29 is 4.74 Å². The van der Waals surface area contributed by atoms with Crippen molar-refractivity contribution in [1.29, 1.82) is 0 Å². The maximum absolute atomic E-state index is 5.33. The van der Waals surface area contributed by atoms with Crippen LogP contribution in [0.15, 0.2) is 35.3 Å². The van der Waals surface area contributed by atoms with Gasteiger partial charge in [-0.05, 0) is 49.7 Å². The van der Waals surface area contributed by atoms with E-state index in [1.165, 1.54) is 31.4 Å². The number of hydrogen-bond acceptors (Lipinski definition) is 3. The van der Waals surface area contributed by atoms with E-state index in [-0.39, 0.29) is 0 Å². The van der Waals surface area contributed by atoms with Crippen LogP contribution in [0.2, 0.25) is 0 Å². The van der Waals surface area contributed by atoms with Crippen LogP contribution in [-0.2, 0) is 4.74 Å². The van der Waals surface area contributed by atoms with Gasteiger partial charge in [-0.2, -0.15) is 0 Å². The number of rotatable bonds is 11. The van der Waals surface area contributed by atoms with Crippen molar-refractivity contribution in [2.45, 2.75) is 44.9 Å². The number of hydrogen-bond donors (Lipinski definition) is 2. The van der Waals surface area contributed by atoms with Crippen molar-refractivity contribution >= 4 is 11.6 Å². The standard InChI is InChI=1S/C22H38N4O/c1-23-21(25-19-22(15-18-27-3)13-7-8-14-22)24-16-9-10-17-26(2)20-11-5-4-6-12-20/h4-6,11-12H,7-10,13-19H2,1-3H3,(H2,23,24,25). The van der Waals surface area contributed by atoms with Gasteiger partial charge in [0.1, 0.15) is 0 Å². The van der Waals surface area contributed by atoms with Gasteiger partial charge in [-0.25, -0.2) is 0 Å². The Hall–Kier alpha value is -1.75. The zero-order valence-electron chi connectivity index (χ0n) is 17.5. The van der Waals surface area contributed by atoms with Gasteiger partial charge in [0.05, 0.1) is 0 Å². The highest BCUT2D eigenvalue weighted by molar-refractivity contribution is 5.79. The lowest BCUT2D eigenvalue weighted by Gasteiger charge is -2.30. The molecule has 0 bridgehead atoms. The summed E-state index contributed by atoms with van der Waals surface area (Å²) in [6.45, 7) is 3.86. The van der Waals surface area contributed by atoms with Gasteiger partial charge in [0.2, 0.25) is 0 Å².